The number of benzene rings is 1. The Hall–Kier alpha value is -4.18. The molecule has 11 nitrogen and oxygen atoms in total. The number of rotatable bonds is 8. The molecule has 40 heavy (non-hydrogen) atoms. The Labute approximate surface area is 225 Å². The smallest absolute Gasteiger partial charge is 0.382 e. The Morgan fingerprint density at radius 1 is 1.18 bits per heavy atom. The van der Waals surface area contributed by atoms with E-state index >= 15 is 0 Å². The highest BCUT2D eigenvalue weighted by Gasteiger charge is 2.58. The van der Waals surface area contributed by atoms with Gasteiger partial charge in [0, 0.05) is 23.2 Å². The summed E-state index contributed by atoms with van der Waals surface area (Å²) < 4.78 is 68.3. The van der Waals surface area contributed by atoms with Crippen LogP contribution in [0, 0.1) is 0 Å². The molecule has 2 atom stereocenters. The molecule has 1 aromatic carbocycles. The maximum Gasteiger partial charge on any atom is 0.416 e. The lowest BCUT2D eigenvalue weighted by atomic mass is 10.2. The summed E-state index contributed by atoms with van der Waals surface area (Å²) in [5, 5.41) is 20.5. The van der Waals surface area contributed by atoms with Crippen molar-refractivity contribution in [2.45, 2.75) is 43.8 Å². The van der Waals surface area contributed by atoms with Crippen molar-refractivity contribution in [3.05, 3.63) is 75.8 Å². The fourth-order valence-electron chi connectivity index (χ4n) is 3.77. The van der Waals surface area contributed by atoms with Crippen molar-refractivity contribution in [2.75, 3.05) is 0 Å². The summed E-state index contributed by atoms with van der Waals surface area (Å²) >= 11 is 5.89. The van der Waals surface area contributed by atoms with Crippen LogP contribution < -0.4 is 11.0 Å². The average Bonchev–Trinajstić information content (AvgIpc) is 3.19. The SMILES string of the molecule is O=C(NC1CC1(F)F)c1cccnc1-n1cnc(Cn2nc(-c3ccc(Cl)cc3)n(C[C@H](O)C(F)(F)F)c2=O)n1. The van der Waals surface area contributed by atoms with Gasteiger partial charge in [-0.3, -0.25) is 9.36 Å². The fraction of sp³-hybridized carbons (Fsp3) is 0.304. The minimum Gasteiger partial charge on any atom is -0.382 e. The Morgan fingerprint density at radius 3 is 2.52 bits per heavy atom. The number of aliphatic hydroxyl groups is 1. The summed E-state index contributed by atoms with van der Waals surface area (Å²) in [6.07, 6.45) is -5.79. The van der Waals surface area contributed by atoms with Crippen molar-refractivity contribution in [3.8, 4) is 17.2 Å². The number of aliphatic hydroxyl groups excluding tert-OH is 1. The van der Waals surface area contributed by atoms with Crippen molar-refractivity contribution in [1.82, 2.24) is 39.4 Å². The largest absolute Gasteiger partial charge is 0.416 e. The van der Waals surface area contributed by atoms with Crippen molar-refractivity contribution >= 4 is 17.5 Å². The van der Waals surface area contributed by atoms with Gasteiger partial charge in [0.15, 0.2) is 23.6 Å². The van der Waals surface area contributed by atoms with E-state index in [2.05, 4.69) is 25.5 Å². The van der Waals surface area contributed by atoms with Crippen molar-refractivity contribution in [3.63, 3.8) is 0 Å². The number of hydrogen-bond donors (Lipinski definition) is 2. The van der Waals surface area contributed by atoms with Gasteiger partial charge in [-0.2, -0.15) is 13.2 Å². The van der Waals surface area contributed by atoms with Crippen LogP contribution in [0.4, 0.5) is 22.0 Å². The second-order valence-corrected chi connectivity index (χ2v) is 9.35. The molecule has 0 spiro atoms. The lowest BCUT2D eigenvalue weighted by Gasteiger charge is -2.15. The predicted molar refractivity (Wildman–Crippen MR) is 128 cm³/mol. The molecule has 3 heterocycles. The number of amides is 1. The van der Waals surface area contributed by atoms with E-state index in [-0.39, 0.29) is 28.6 Å². The molecule has 1 aliphatic rings. The fourth-order valence-corrected chi connectivity index (χ4v) is 3.89. The molecule has 0 aliphatic heterocycles. The van der Waals surface area contributed by atoms with Gasteiger partial charge in [0.1, 0.15) is 12.9 Å². The molecule has 3 aromatic heterocycles. The van der Waals surface area contributed by atoms with Crippen LogP contribution in [-0.2, 0) is 13.1 Å². The summed E-state index contributed by atoms with van der Waals surface area (Å²) in [5.74, 6) is -4.00. The van der Waals surface area contributed by atoms with Crippen LogP contribution in [0.5, 0.6) is 0 Å². The van der Waals surface area contributed by atoms with E-state index in [1.54, 1.807) is 0 Å². The molecule has 1 amide bonds. The number of pyridine rings is 1. The molecule has 0 saturated heterocycles. The van der Waals surface area contributed by atoms with E-state index in [0.717, 1.165) is 15.7 Å². The maximum absolute atomic E-state index is 13.3. The van der Waals surface area contributed by atoms with Crippen LogP contribution in [0.3, 0.4) is 0 Å². The predicted octanol–water partition coefficient (Wildman–Crippen LogP) is 2.45. The molecule has 0 radical (unpaired) electrons. The highest BCUT2D eigenvalue weighted by atomic mass is 35.5. The molecule has 1 aliphatic carbocycles. The first-order chi connectivity index (χ1) is 18.8. The molecule has 4 aromatic rings. The molecular formula is C23H18ClF5N8O3. The van der Waals surface area contributed by atoms with Crippen molar-refractivity contribution in [1.29, 1.82) is 0 Å². The molecule has 17 heteroatoms. The van der Waals surface area contributed by atoms with Gasteiger partial charge in [-0.05, 0) is 36.4 Å². The van der Waals surface area contributed by atoms with E-state index in [4.69, 9.17) is 11.6 Å². The third-order valence-corrected chi connectivity index (χ3v) is 6.22. The number of nitrogens with zero attached hydrogens (tertiary/aromatic N) is 7. The van der Waals surface area contributed by atoms with E-state index in [9.17, 15) is 36.6 Å². The molecule has 5 rings (SSSR count). The molecule has 1 fully saturated rings. The normalized spacial score (nSPS) is 17.0. The number of carbonyl (C=O) groups is 1. The Bertz CT molecular complexity index is 1620. The lowest BCUT2D eigenvalue weighted by molar-refractivity contribution is -0.207. The molecule has 0 bridgehead atoms. The zero-order valence-electron chi connectivity index (χ0n) is 20.1. The third kappa shape index (κ3) is 5.58. The minimum absolute atomic E-state index is 0.0310. The van der Waals surface area contributed by atoms with Crippen LogP contribution in [0.25, 0.3) is 17.2 Å². The highest BCUT2D eigenvalue weighted by molar-refractivity contribution is 6.30. The molecule has 1 unspecified atom stereocenters. The Kier molecular flexibility index (Phi) is 6.91. The maximum atomic E-state index is 13.3. The molecule has 210 valence electrons. The van der Waals surface area contributed by atoms with Crippen molar-refractivity contribution in [2.24, 2.45) is 0 Å². The molecule has 1 saturated carbocycles. The monoisotopic (exact) mass is 584 g/mol. The Morgan fingerprint density at radius 2 is 1.88 bits per heavy atom. The summed E-state index contributed by atoms with van der Waals surface area (Å²) in [6, 6.07) is 7.31. The van der Waals surface area contributed by atoms with E-state index in [1.165, 1.54) is 42.6 Å². The van der Waals surface area contributed by atoms with Crippen LogP contribution in [-0.4, -0.2) is 69.4 Å². The zero-order chi connectivity index (χ0) is 28.8. The van der Waals surface area contributed by atoms with Gasteiger partial charge < -0.3 is 10.4 Å². The van der Waals surface area contributed by atoms with Crippen molar-refractivity contribution < 1.29 is 31.9 Å². The number of halogens is 6. The topological polar surface area (TPSA) is 133 Å². The zero-order valence-corrected chi connectivity index (χ0v) is 20.8. The van der Waals surface area contributed by atoms with Gasteiger partial charge in [-0.1, -0.05) is 11.6 Å². The van der Waals surface area contributed by atoms with Crippen LogP contribution in [0.1, 0.15) is 22.6 Å². The first-order valence-corrected chi connectivity index (χ1v) is 11.9. The quantitative estimate of drug-likeness (QED) is 0.304. The van der Waals surface area contributed by atoms with Gasteiger partial charge in [0.25, 0.3) is 11.8 Å². The first kappa shape index (κ1) is 27.4. The Balaban J connectivity index is 1.44. The van der Waals surface area contributed by atoms with Crippen LogP contribution in [0.2, 0.25) is 5.02 Å². The third-order valence-electron chi connectivity index (χ3n) is 5.97. The summed E-state index contributed by atoms with van der Waals surface area (Å²) in [5.41, 5.74) is -0.777. The van der Waals surface area contributed by atoms with Gasteiger partial charge in [0.2, 0.25) is 0 Å². The minimum atomic E-state index is -4.98. The number of hydrogen-bond acceptors (Lipinski definition) is 7. The standard InChI is InChI=1S/C23H18ClF5N8O3/c24-13-5-3-12(4-6-13)18-34-36(21(40)35(18)9-16(38)23(27,28)29)10-17-31-11-37(33-17)19-14(2-1-7-30-19)20(39)32-15-8-22(15,25)26/h1-7,11,15-16,38H,8-10H2,(H,32,39)/t15?,16-/m0/s1. The van der Waals surface area contributed by atoms with Gasteiger partial charge in [0.05, 0.1) is 18.2 Å². The average molecular weight is 585 g/mol. The van der Waals surface area contributed by atoms with Gasteiger partial charge >= 0.3 is 11.9 Å². The van der Waals surface area contributed by atoms with Gasteiger partial charge in [-0.15, -0.1) is 10.2 Å². The molecular weight excluding hydrogens is 567 g/mol. The van der Waals surface area contributed by atoms with E-state index < -0.39 is 55.4 Å². The summed E-state index contributed by atoms with van der Waals surface area (Å²) in [6.45, 7) is -1.52. The summed E-state index contributed by atoms with van der Waals surface area (Å²) in [7, 11) is 0. The van der Waals surface area contributed by atoms with E-state index in [1.807, 2.05) is 0 Å². The van der Waals surface area contributed by atoms with Gasteiger partial charge in [-0.25, -0.2) is 32.9 Å². The summed E-state index contributed by atoms with van der Waals surface area (Å²) in [4.78, 5) is 33.7. The number of carbonyl (C=O) groups excluding carboxylic acids is 1. The van der Waals surface area contributed by atoms with E-state index in [0.29, 0.717) is 9.59 Å². The number of alkyl halides is 5. The highest BCUT2D eigenvalue weighted by Crippen LogP contribution is 2.41. The first-order valence-electron chi connectivity index (χ1n) is 11.6. The number of nitrogens with one attached hydrogen (secondary N) is 1. The number of aromatic nitrogens is 7. The van der Waals surface area contributed by atoms with Crippen LogP contribution >= 0.6 is 11.6 Å². The second-order valence-electron chi connectivity index (χ2n) is 8.91. The van der Waals surface area contributed by atoms with Crippen LogP contribution in [0.15, 0.2) is 53.7 Å². The second kappa shape index (κ2) is 10.1. The molecule has 2 N–H and O–H groups in total. The lowest BCUT2D eigenvalue weighted by Crippen LogP contribution is -2.37.